The fourth-order valence-electron chi connectivity index (χ4n) is 2.88. The van der Waals surface area contributed by atoms with Gasteiger partial charge in [0.15, 0.2) is 15.8 Å². The van der Waals surface area contributed by atoms with Gasteiger partial charge < -0.3 is 19.5 Å². The summed E-state index contributed by atoms with van der Waals surface area (Å²) < 4.78 is 16.0. The Morgan fingerprint density at radius 3 is 2.69 bits per heavy atom. The van der Waals surface area contributed by atoms with Crippen LogP contribution in [-0.2, 0) is 14.3 Å². The topological polar surface area (TPSA) is 129 Å². The number of ether oxygens (including phenoxy) is 3. The lowest BCUT2D eigenvalue weighted by atomic mass is 10.2. The predicted octanol–water partition coefficient (Wildman–Crippen LogP) is 3.83. The minimum absolute atomic E-state index is 0.103. The van der Waals surface area contributed by atoms with Gasteiger partial charge in [0.25, 0.3) is 0 Å². The number of benzene rings is 2. The first-order chi connectivity index (χ1) is 17.0. The van der Waals surface area contributed by atoms with Crippen LogP contribution in [0.25, 0.3) is 6.08 Å². The van der Waals surface area contributed by atoms with Gasteiger partial charge in [-0.25, -0.2) is 4.79 Å². The molecule has 0 saturated carbocycles. The molecule has 2 heterocycles. The third kappa shape index (κ3) is 6.80. The summed E-state index contributed by atoms with van der Waals surface area (Å²) in [6.07, 6.45) is 3.03. The number of thioether (sulfide) groups is 1. The summed E-state index contributed by atoms with van der Waals surface area (Å²) in [6.45, 7) is 2.22. The van der Waals surface area contributed by atoms with Crippen LogP contribution < -0.4 is 20.1 Å². The Morgan fingerprint density at radius 2 is 1.89 bits per heavy atom. The fourth-order valence-corrected chi connectivity index (χ4v) is 4.44. The first-order valence-electron chi connectivity index (χ1n) is 10.4. The van der Waals surface area contributed by atoms with Gasteiger partial charge >= 0.3 is 5.97 Å². The summed E-state index contributed by atoms with van der Waals surface area (Å²) in [5.74, 6) is 0.392. The maximum atomic E-state index is 12.2. The van der Waals surface area contributed by atoms with Crippen molar-refractivity contribution in [2.45, 2.75) is 11.3 Å². The molecule has 1 aromatic heterocycles. The molecule has 0 aliphatic carbocycles. The quantitative estimate of drug-likeness (QED) is 0.190. The number of carbonyl (C=O) groups is 3. The molecule has 0 atom stereocenters. The number of hydrogen-bond acceptors (Lipinski definition) is 10. The second-order valence-corrected chi connectivity index (χ2v) is 9.14. The molecule has 1 aliphatic heterocycles. The van der Waals surface area contributed by atoms with E-state index < -0.39 is 5.97 Å². The van der Waals surface area contributed by atoms with Crippen molar-refractivity contribution in [2.24, 2.45) is 0 Å². The molecule has 3 aromatic rings. The van der Waals surface area contributed by atoms with E-state index in [1.54, 1.807) is 49.4 Å². The molecule has 0 unspecified atom stereocenters. The van der Waals surface area contributed by atoms with Crippen LogP contribution in [0.3, 0.4) is 0 Å². The van der Waals surface area contributed by atoms with E-state index in [9.17, 15) is 14.4 Å². The van der Waals surface area contributed by atoms with Crippen molar-refractivity contribution in [1.29, 1.82) is 0 Å². The zero-order valence-corrected chi connectivity index (χ0v) is 20.1. The van der Waals surface area contributed by atoms with E-state index >= 15 is 0 Å². The van der Waals surface area contributed by atoms with Crippen LogP contribution in [-0.4, -0.2) is 47.1 Å². The van der Waals surface area contributed by atoms with E-state index in [0.717, 1.165) is 16.9 Å². The number of carbonyl (C=O) groups excluding carboxylic acids is 3. The van der Waals surface area contributed by atoms with E-state index in [2.05, 4.69) is 20.8 Å². The second kappa shape index (κ2) is 11.5. The molecule has 0 bridgehead atoms. The summed E-state index contributed by atoms with van der Waals surface area (Å²) in [5.41, 5.74) is 1.76. The molecular formula is C23H20N4O6S2. The van der Waals surface area contributed by atoms with Crippen molar-refractivity contribution in [3.63, 3.8) is 0 Å². The van der Waals surface area contributed by atoms with Gasteiger partial charge in [-0.15, -0.1) is 10.2 Å². The van der Waals surface area contributed by atoms with Gasteiger partial charge in [0.05, 0.1) is 17.9 Å². The average Bonchev–Trinajstić information content (AvgIpc) is 3.51. The highest BCUT2D eigenvalue weighted by Crippen LogP contribution is 2.32. The van der Waals surface area contributed by atoms with Crippen molar-refractivity contribution >= 4 is 57.8 Å². The number of fused-ring (bicyclic) bond motifs is 1. The molecule has 0 radical (unpaired) electrons. The second-order valence-electron chi connectivity index (χ2n) is 6.94. The number of esters is 1. The molecule has 180 valence electrons. The summed E-state index contributed by atoms with van der Waals surface area (Å²) in [5, 5.41) is 13.6. The maximum Gasteiger partial charge on any atom is 0.338 e. The summed E-state index contributed by atoms with van der Waals surface area (Å²) >= 11 is 2.36. The molecular weight excluding hydrogens is 492 g/mol. The van der Waals surface area contributed by atoms with Crippen LogP contribution in [0.4, 0.5) is 10.8 Å². The van der Waals surface area contributed by atoms with Gasteiger partial charge in [-0.2, -0.15) is 0 Å². The van der Waals surface area contributed by atoms with Gasteiger partial charge in [-0.05, 0) is 55.0 Å². The van der Waals surface area contributed by atoms with Crippen molar-refractivity contribution in [3.8, 4) is 11.5 Å². The van der Waals surface area contributed by atoms with Crippen LogP contribution in [0.1, 0.15) is 22.8 Å². The van der Waals surface area contributed by atoms with Crippen LogP contribution in [0.2, 0.25) is 0 Å². The van der Waals surface area contributed by atoms with E-state index in [1.807, 2.05) is 6.07 Å². The minimum atomic E-state index is -0.413. The third-order valence-corrected chi connectivity index (χ3v) is 6.44. The summed E-state index contributed by atoms with van der Waals surface area (Å²) in [7, 11) is 0. The lowest BCUT2D eigenvalue weighted by Crippen LogP contribution is -2.14. The molecule has 0 saturated heterocycles. The normalized spacial score (nSPS) is 11.9. The molecule has 12 heteroatoms. The van der Waals surface area contributed by atoms with Crippen LogP contribution in [0.15, 0.2) is 52.9 Å². The summed E-state index contributed by atoms with van der Waals surface area (Å²) in [6, 6.07) is 11.8. The van der Waals surface area contributed by atoms with Crippen molar-refractivity contribution in [3.05, 3.63) is 59.7 Å². The van der Waals surface area contributed by atoms with Crippen molar-refractivity contribution in [1.82, 2.24) is 10.2 Å². The Balaban J connectivity index is 1.22. The highest BCUT2D eigenvalue weighted by atomic mass is 32.2. The van der Waals surface area contributed by atoms with Gasteiger partial charge in [-0.1, -0.05) is 29.2 Å². The molecule has 2 N–H and O–H groups in total. The number of amides is 2. The molecule has 2 aromatic carbocycles. The Labute approximate surface area is 208 Å². The largest absolute Gasteiger partial charge is 0.462 e. The first kappa shape index (κ1) is 24.2. The SMILES string of the molecule is CCOC(=O)c1ccc(NC(=O)CSc2nnc(NC(=O)/C=C\c3ccc4c(c3)OCO4)s2)cc1. The maximum absolute atomic E-state index is 12.2. The van der Waals surface area contributed by atoms with Crippen LogP contribution >= 0.6 is 23.1 Å². The number of aromatic nitrogens is 2. The number of nitrogens with one attached hydrogen (secondary N) is 2. The van der Waals surface area contributed by atoms with Crippen molar-refractivity contribution < 1.29 is 28.6 Å². The zero-order chi connectivity index (χ0) is 24.6. The Hall–Kier alpha value is -3.90. The van der Waals surface area contributed by atoms with E-state index in [1.165, 1.54) is 17.8 Å². The molecule has 10 nitrogen and oxygen atoms in total. The number of rotatable bonds is 9. The number of nitrogens with zero attached hydrogens (tertiary/aromatic N) is 2. The van der Waals surface area contributed by atoms with E-state index in [4.69, 9.17) is 14.2 Å². The third-order valence-electron chi connectivity index (χ3n) is 4.47. The highest BCUT2D eigenvalue weighted by Gasteiger charge is 2.13. The Bertz CT molecular complexity index is 1260. The van der Waals surface area contributed by atoms with Crippen LogP contribution in [0.5, 0.6) is 11.5 Å². The Morgan fingerprint density at radius 1 is 1.09 bits per heavy atom. The lowest BCUT2D eigenvalue weighted by molar-refractivity contribution is -0.114. The van der Waals surface area contributed by atoms with E-state index in [0.29, 0.717) is 38.8 Å². The van der Waals surface area contributed by atoms with Crippen LogP contribution in [0, 0.1) is 0 Å². The average molecular weight is 513 g/mol. The Kier molecular flexibility index (Phi) is 7.95. The number of hydrogen-bond donors (Lipinski definition) is 2. The molecule has 0 fully saturated rings. The molecule has 2 amide bonds. The number of anilines is 2. The van der Waals surface area contributed by atoms with Crippen molar-refractivity contribution in [2.75, 3.05) is 29.8 Å². The molecule has 0 spiro atoms. The highest BCUT2D eigenvalue weighted by molar-refractivity contribution is 8.01. The minimum Gasteiger partial charge on any atom is -0.462 e. The van der Waals surface area contributed by atoms with E-state index in [-0.39, 0.29) is 24.4 Å². The lowest BCUT2D eigenvalue weighted by Gasteiger charge is -2.05. The van der Waals surface area contributed by atoms with Gasteiger partial charge in [0, 0.05) is 11.8 Å². The molecule has 4 rings (SSSR count). The summed E-state index contributed by atoms with van der Waals surface area (Å²) in [4.78, 5) is 36.1. The predicted molar refractivity (Wildman–Crippen MR) is 132 cm³/mol. The molecule has 1 aliphatic rings. The van der Waals surface area contributed by atoms with Gasteiger partial charge in [0.1, 0.15) is 0 Å². The fraction of sp³-hybridized carbons (Fsp3) is 0.174. The smallest absolute Gasteiger partial charge is 0.338 e. The standard InChI is InChI=1S/C23H20N4O6S2/c1-2-31-21(30)15-5-7-16(8-6-15)24-20(29)12-34-23-27-26-22(35-23)25-19(28)10-4-14-3-9-17-18(11-14)33-13-32-17/h3-11H,2,12-13H2,1H3,(H,24,29)(H,25,26,28)/b10-4-. The zero-order valence-electron chi connectivity index (χ0n) is 18.5. The molecule has 35 heavy (non-hydrogen) atoms. The first-order valence-corrected chi connectivity index (χ1v) is 12.2. The monoisotopic (exact) mass is 512 g/mol. The van der Waals surface area contributed by atoms with Gasteiger partial charge in [0.2, 0.25) is 23.7 Å². The van der Waals surface area contributed by atoms with Gasteiger partial charge in [-0.3, -0.25) is 14.9 Å².